The van der Waals surface area contributed by atoms with Crippen molar-refractivity contribution in [1.82, 2.24) is 9.88 Å². The van der Waals surface area contributed by atoms with Gasteiger partial charge in [-0.25, -0.2) is 0 Å². The van der Waals surface area contributed by atoms with Crippen LogP contribution in [0.25, 0.3) is 0 Å². The molecule has 0 aromatic carbocycles. The summed E-state index contributed by atoms with van der Waals surface area (Å²) in [6, 6.07) is 3.91. The molecular formula is C24H29N3O2. The Bertz CT molecular complexity index is 854. The van der Waals surface area contributed by atoms with Gasteiger partial charge in [-0.1, -0.05) is 42.5 Å². The third kappa shape index (κ3) is 5.45. The molecule has 2 aliphatic heterocycles. The number of rotatable bonds is 6. The molecule has 29 heavy (non-hydrogen) atoms. The van der Waals surface area contributed by atoms with E-state index in [0.717, 1.165) is 44.5 Å². The summed E-state index contributed by atoms with van der Waals surface area (Å²) >= 11 is 0. The first kappa shape index (κ1) is 19.6. The summed E-state index contributed by atoms with van der Waals surface area (Å²) in [7, 11) is 0. The van der Waals surface area contributed by atoms with Crippen LogP contribution in [0.4, 0.5) is 5.82 Å². The predicted octanol–water partition coefficient (Wildman–Crippen LogP) is 4.06. The van der Waals surface area contributed by atoms with Crippen LogP contribution in [0.5, 0.6) is 5.88 Å². The number of likely N-dealkylation sites (tertiary alicyclic amines) is 1. The van der Waals surface area contributed by atoms with Gasteiger partial charge in [-0.05, 0) is 56.0 Å². The standard InChI is InChI=1S/C24H29N3O2/c28-22-12-10-20-11-13-23(26-24(20)25-22)29-17-7-6-15-27-16-14-19-8-4-2-1-3-5-9-21(19)18-27/h1-5,8-9,11,13,19H,6-7,10,12,14-18H2,(H,25,26,28)/b2-1-,5-3-,8-4-,21-9-. The fraction of sp³-hybridized carbons (Fsp3) is 0.417. The third-order valence-corrected chi connectivity index (χ3v) is 5.69. The van der Waals surface area contributed by atoms with Crippen LogP contribution in [-0.2, 0) is 11.2 Å². The number of anilines is 1. The van der Waals surface area contributed by atoms with Crippen LogP contribution in [0.2, 0.25) is 0 Å². The smallest absolute Gasteiger partial charge is 0.225 e. The minimum atomic E-state index is 0.0307. The second-order valence-electron chi connectivity index (χ2n) is 7.83. The number of hydrogen-bond acceptors (Lipinski definition) is 4. The van der Waals surface area contributed by atoms with E-state index in [1.165, 1.54) is 12.0 Å². The van der Waals surface area contributed by atoms with Crippen LogP contribution < -0.4 is 10.1 Å². The van der Waals surface area contributed by atoms with Crippen LogP contribution in [0.1, 0.15) is 31.2 Å². The van der Waals surface area contributed by atoms with E-state index in [1.807, 2.05) is 12.1 Å². The SMILES string of the molecule is O=C1CCc2ccc(OCCCCN3CCC4\C=C/C=C\C=C/C=C\4C3)nc2N1. The maximum Gasteiger partial charge on any atom is 0.225 e. The highest BCUT2D eigenvalue weighted by atomic mass is 16.5. The predicted molar refractivity (Wildman–Crippen MR) is 116 cm³/mol. The van der Waals surface area contributed by atoms with Crippen molar-refractivity contribution in [2.75, 3.05) is 31.6 Å². The Balaban J connectivity index is 1.19. The average molecular weight is 392 g/mol. The van der Waals surface area contributed by atoms with Crippen molar-refractivity contribution in [2.45, 2.75) is 32.1 Å². The summed E-state index contributed by atoms with van der Waals surface area (Å²) in [5.41, 5.74) is 2.59. The summed E-state index contributed by atoms with van der Waals surface area (Å²) in [6.45, 7) is 3.93. The molecule has 1 aromatic heterocycles. The number of unbranched alkanes of at least 4 members (excludes halogenated alkanes) is 1. The number of piperidine rings is 1. The maximum absolute atomic E-state index is 11.5. The number of hydrogen-bond donors (Lipinski definition) is 1. The van der Waals surface area contributed by atoms with Crippen LogP contribution in [0, 0.1) is 5.92 Å². The molecule has 3 heterocycles. The van der Waals surface area contributed by atoms with E-state index < -0.39 is 0 Å². The number of aryl methyl sites for hydroxylation is 1. The number of pyridine rings is 1. The first-order chi connectivity index (χ1) is 14.3. The van der Waals surface area contributed by atoms with Crippen molar-refractivity contribution in [3.05, 3.63) is 65.8 Å². The molecule has 3 aliphatic rings. The Morgan fingerprint density at radius 2 is 2.00 bits per heavy atom. The molecule has 4 rings (SSSR count). The third-order valence-electron chi connectivity index (χ3n) is 5.69. The van der Waals surface area contributed by atoms with Gasteiger partial charge in [-0.2, -0.15) is 4.98 Å². The summed E-state index contributed by atoms with van der Waals surface area (Å²) in [5.74, 6) is 1.85. The van der Waals surface area contributed by atoms with Gasteiger partial charge in [0.1, 0.15) is 5.82 Å². The van der Waals surface area contributed by atoms with E-state index in [4.69, 9.17) is 4.74 Å². The number of carbonyl (C=O) groups is 1. The van der Waals surface area contributed by atoms with Gasteiger partial charge in [0, 0.05) is 24.9 Å². The van der Waals surface area contributed by atoms with Crippen molar-refractivity contribution in [3.8, 4) is 5.88 Å². The molecule has 1 fully saturated rings. The van der Waals surface area contributed by atoms with Gasteiger partial charge in [0.25, 0.3) is 0 Å². The van der Waals surface area contributed by atoms with Gasteiger partial charge in [0.2, 0.25) is 11.8 Å². The number of allylic oxidation sites excluding steroid dienone is 7. The zero-order valence-electron chi connectivity index (χ0n) is 16.8. The molecule has 0 bridgehead atoms. The van der Waals surface area contributed by atoms with Crippen LogP contribution in [0.3, 0.4) is 0 Å². The number of amides is 1. The number of fused-ring (bicyclic) bond motifs is 2. The van der Waals surface area contributed by atoms with Gasteiger partial charge in [0.05, 0.1) is 6.61 Å². The van der Waals surface area contributed by atoms with E-state index in [2.05, 4.69) is 57.7 Å². The highest BCUT2D eigenvalue weighted by molar-refractivity contribution is 5.92. The van der Waals surface area contributed by atoms with Crippen LogP contribution >= 0.6 is 0 Å². The molecule has 152 valence electrons. The topological polar surface area (TPSA) is 54.5 Å². The molecule has 0 radical (unpaired) electrons. The van der Waals surface area contributed by atoms with Gasteiger partial charge in [-0.3, -0.25) is 9.69 Å². The van der Waals surface area contributed by atoms with Crippen LogP contribution in [0.15, 0.2) is 60.2 Å². The second-order valence-corrected chi connectivity index (χ2v) is 7.83. The second kappa shape index (κ2) is 9.70. The van der Waals surface area contributed by atoms with E-state index >= 15 is 0 Å². The molecule has 5 heteroatoms. The van der Waals surface area contributed by atoms with Crippen molar-refractivity contribution in [1.29, 1.82) is 0 Å². The summed E-state index contributed by atoms with van der Waals surface area (Å²) in [6.07, 6.45) is 19.8. The van der Waals surface area contributed by atoms with E-state index in [0.29, 0.717) is 30.6 Å². The zero-order valence-corrected chi connectivity index (χ0v) is 16.8. The number of nitrogens with one attached hydrogen (secondary N) is 1. The fourth-order valence-corrected chi connectivity index (χ4v) is 4.04. The molecule has 5 nitrogen and oxygen atoms in total. The largest absolute Gasteiger partial charge is 0.478 e. The molecule has 1 amide bonds. The van der Waals surface area contributed by atoms with Crippen molar-refractivity contribution < 1.29 is 9.53 Å². The number of ether oxygens (including phenoxy) is 1. The molecule has 0 saturated carbocycles. The number of carbonyl (C=O) groups excluding carboxylic acids is 1. The van der Waals surface area contributed by atoms with E-state index in [-0.39, 0.29) is 5.91 Å². The van der Waals surface area contributed by atoms with Crippen molar-refractivity contribution in [2.24, 2.45) is 5.92 Å². The normalized spacial score (nSPS) is 26.4. The lowest BCUT2D eigenvalue weighted by atomic mass is 9.90. The number of aromatic nitrogens is 1. The summed E-state index contributed by atoms with van der Waals surface area (Å²) in [5, 5.41) is 2.82. The molecular weight excluding hydrogens is 362 g/mol. The summed E-state index contributed by atoms with van der Waals surface area (Å²) in [4.78, 5) is 18.5. The van der Waals surface area contributed by atoms with Gasteiger partial charge in [0.15, 0.2) is 0 Å². The van der Waals surface area contributed by atoms with Crippen LogP contribution in [-0.4, -0.2) is 42.0 Å². The lowest BCUT2D eigenvalue weighted by Crippen LogP contribution is -2.35. The molecule has 1 aliphatic carbocycles. The highest BCUT2D eigenvalue weighted by Gasteiger charge is 2.21. The first-order valence-electron chi connectivity index (χ1n) is 10.6. The molecule has 1 N–H and O–H groups in total. The maximum atomic E-state index is 11.5. The molecule has 1 unspecified atom stereocenters. The Kier molecular flexibility index (Phi) is 6.57. The fourth-order valence-electron chi connectivity index (χ4n) is 4.04. The Morgan fingerprint density at radius 3 is 2.97 bits per heavy atom. The zero-order chi connectivity index (χ0) is 19.9. The quantitative estimate of drug-likeness (QED) is 0.743. The Hall–Kier alpha value is -2.66. The first-order valence-corrected chi connectivity index (χ1v) is 10.6. The lowest BCUT2D eigenvalue weighted by Gasteiger charge is -2.33. The molecule has 0 spiro atoms. The van der Waals surface area contributed by atoms with Gasteiger partial charge < -0.3 is 10.1 Å². The minimum absolute atomic E-state index is 0.0307. The molecule has 1 atom stereocenters. The lowest BCUT2D eigenvalue weighted by molar-refractivity contribution is -0.116. The van der Waals surface area contributed by atoms with Gasteiger partial charge >= 0.3 is 0 Å². The summed E-state index contributed by atoms with van der Waals surface area (Å²) < 4.78 is 5.81. The Labute approximate surface area is 172 Å². The Morgan fingerprint density at radius 1 is 1.10 bits per heavy atom. The van der Waals surface area contributed by atoms with E-state index in [1.54, 1.807) is 0 Å². The monoisotopic (exact) mass is 391 g/mol. The average Bonchev–Trinajstić information content (AvgIpc) is 2.85. The van der Waals surface area contributed by atoms with E-state index in [9.17, 15) is 4.79 Å². The highest BCUT2D eigenvalue weighted by Crippen LogP contribution is 2.26. The molecule has 1 saturated heterocycles. The number of nitrogens with zero attached hydrogens (tertiary/aromatic N) is 2. The minimum Gasteiger partial charge on any atom is -0.478 e. The van der Waals surface area contributed by atoms with Crippen molar-refractivity contribution in [3.63, 3.8) is 0 Å². The molecule has 1 aromatic rings. The van der Waals surface area contributed by atoms with Crippen molar-refractivity contribution >= 4 is 11.7 Å². The van der Waals surface area contributed by atoms with Gasteiger partial charge in [-0.15, -0.1) is 0 Å².